The minimum atomic E-state index is -0.319. The van der Waals surface area contributed by atoms with Crippen LogP contribution in [0.4, 0.5) is 11.4 Å². The Kier molecular flexibility index (Phi) is 6.00. The summed E-state index contributed by atoms with van der Waals surface area (Å²) < 4.78 is 4.89. The molecule has 0 aromatic heterocycles. The van der Waals surface area contributed by atoms with Crippen molar-refractivity contribution in [2.24, 2.45) is 5.92 Å². The van der Waals surface area contributed by atoms with Gasteiger partial charge in [-0.15, -0.1) is 0 Å². The maximum Gasteiger partial charge on any atom is 0.328 e. The van der Waals surface area contributed by atoms with Crippen molar-refractivity contribution in [2.75, 3.05) is 41.9 Å². The second-order valence-corrected chi connectivity index (χ2v) is 7.21. The number of esters is 1. The van der Waals surface area contributed by atoms with Gasteiger partial charge in [0.05, 0.1) is 7.11 Å². The first-order valence-corrected chi connectivity index (χ1v) is 8.96. The number of anilines is 2. The van der Waals surface area contributed by atoms with Crippen molar-refractivity contribution in [3.63, 3.8) is 0 Å². The molecule has 0 saturated carbocycles. The topological polar surface area (TPSA) is 41.6 Å². The van der Waals surface area contributed by atoms with Crippen molar-refractivity contribution in [3.8, 4) is 0 Å². The SMILES string of the molecule is COC(=O)[C@@H](Nc1ccc(N2CCSCC2)cc1C)C(C)C. The standard InChI is InChI=1S/C17H26N2O2S/c1-12(2)16(17(20)21-4)18-15-6-5-14(11-13(15)3)19-7-9-22-10-8-19/h5-6,11-12,16,18H,7-10H2,1-4H3/t16-/m0/s1. The lowest BCUT2D eigenvalue weighted by atomic mass is 10.0. The molecular formula is C17H26N2O2S. The highest BCUT2D eigenvalue weighted by Gasteiger charge is 2.23. The van der Waals surface area contributed by atoms with E-state index >= 15 is 0 Å². The lowest BCUT2D eigenvalue weighted by Crippen LogP contribution is -2.36. The molecule has 1 aromatic carbocycles. The number of hydrogen-bond donors (Lipinski definition) is 1. The van der Waals surface area contributed by atoms with Crippen LogP contribution < -0.4 is 10.2 Å². The van der Waals surface area contributed by atoms with Crippen molar-refractivity contribution in [2.45, 2.75) is 26.8 Å². The zero-order valence-corrected chi connectivity index (χ0v) is 14.7. The van der Waals surface area contributed by atoms with E-state index in [9.17, 15) is 4.79 Å². The van der Waals surface area contributed by atoms with Gasteiger partial charge in [0.1, 0.15) is 6.04 Å². The van der Waals surface area contributed by atoms with Gasteiger partial charge in [-0.05, 0) is 36.6 Å². The van der Waals surface area contributed by atoms with Crippen LogP contribution in [0.15, 0.2) is 18.2 Å². The molecule has 122 valence electrons. The first-order chi connectivity index (χ1) is 10.5. The third kappa shape index (κ3) is 4.09. The van der Waals surface area contributed by atoms with Crippen molar-refractivity contribution >= 4 is 29.1 Å². The molecule has 1 atom stereocenters. The second-order valence-electron chi connectivity index (χ2n) is 5.99. The summed E-state index contributed by atoms with van der Waals surface area (Å²) in [7, 11) is 1.43. The average molecular weight is 322 g/mol. The molecule has 1 fully saturated rings. The van der Waals surface area contributed by atoms with Crippen LogP contribution in [-0.2, 0) is 9.53 Å². The Morgan fingerprint density at radius 2 is 2.00 bits per heavy atom. The predicted molar refractivity (Wildman–Crippen MR) is 95.0 cm³/mol. The van der Waals surface area contributed by atoms with E-state index in [1.165, 1.54) is 24.3 Å². The van der Waals surface area contributed by atoms with Crippen LogP contribution in [0, 0.1) is 12.8 Å². The van der Waals surface area contributed by atoms with Crippen LogP contribution >= 0.6 is 11.8 Å². The fraction of sp³-hybridized carbons (Fsp3) is 0.588. The van der Waals surface area contributed by atoms with Crippen molar-refractivity contribution < 1.29 is 9.53 Å². The Morgan fingerprint density at radius 1 is 1.32 bits per heavy atom. The molecule has 1 aliphatic heterocycles. The molecule has 5 heteroatoms. The second kappa shape index (κ2) is 7.77. The van der Waals surface area contributed by atoms with Gasteiger partial charge in [-0.1, -0.05) is 13.8 Å². The van der Waals surface area contributed by atoms with E-state index in [-0.39, 0.29) is 17.9 Å². The summed E-state index contributed by atoms with van der Waals surface area (Å²) >= 11 is 2.01. The molecule has 0 radical (unpaired) electrons. The van der Waals surface area contributed by atoms with Crippen LogP contribution in [0.5, 0.6) is 0 Å². The third-order valence-electron chi connectivity index (χ3n) is 4.02. The van der Waals surface area contributed by atoms with Gasteiger partial charge in [-0.25, -0.2) is 4.79 Å². The van der Waals surface area contributed by atoms with Crippen LogP contribution in [0.25, 0.3) is 0 Å². The van der Waals surface area contributed by atoms with E-state index in [2.05, 4.69) is 35.3 Å². The van der Waals surface area contributed by atoms with Crippen LogP contribution in [0.2, 0.25) is 0 Å². The largest absolute Gasteiger partial charge is 0.467 e. The van der Waals surface area contributed by atoms with Gasteiger partial charge in [-0.3, -0.25) is 0 Å². The van der Waals surface area contributed by atoms with E-state index in [0.29, 0.717) is 0 Å². The van der Waals surface area contributed by atoms with E-state index in [4.69, 9.17) is 4.74 Å². The number of nitrogens with zero attached hydrogens (tertiary/aromatic N) is 1. The predicted octanol–water partition coefficient (Wildman–Crippen LogP) is 3.16. The Morgan fingerprint density at radius 3 is 2.55 bits per heavy atom. The molecule has 1 aliphatic rings. The molecular weight excluding hydrogens is 296 g/mol. The Hall–Kier alpha value is -1.36. The average Bonchev–Trinajstić information content (AvgIpc) is 2.53. The normalized spacial score (nSPS) is 16.5. The van der Waals surface area contributed by atoms with Gasteiger partial charge in [0.15, 0.2) is 0 Å². The van der Waals surface area contributed by atoms with E-state index in [1.54, 1.807) is 0 Å². The number of benzene rings is 1. The molecule has 0 amide bonds. The molecule has 22 heavy (non-hydrogen) atoms. The number of methoxy groups -OCH3 is 1. The number of thioether (sulfide) groups is 1. The van der Waals surface area contributed by atoms with Crippen LogP contribution in [-0.4, -0.2) is 43.7 Å². The summed E-state index contributed by atoms with van der Waals surface area (Å²) in [5.41, 5.74) is 3.42. The molecule has 0 bridgehead atoms. The smallest absolute Gasteiger partial charge is 0.328 e. The molecule has 1 heterocycles. The third-order valence-corrected chi connectivity index (χ3v) is 4.96. The Labute approximate surface area is 137 Å². The molecule has 1 N–H and O–H groups in total. The lowest BCUT2D eigenvalue weighted by molar-refractivity contribution is -0.142. The highest BCUT2D eigenvalue weighted by atomic mass is 32.2. The van der Waals surface area contributed by atoms with Crippen molar-refractivity contribution in [3.05, 3.63) is 23.8 Å². The number of ether oxygens (including phenoxy) is 1. The molecule has 1 aromatic rings. The minimum Gasteiger partial charge on any atom is -0.467 e. The van der Waals surface area contributed by atoms with Crippen LogP contribution in [0.3, 0.4) is 0 Å². The number of carbonyl (C=O) groups excluding carboxylic acids is 1. The lowest BCUT2D eigenvalue weighted by Gasteiger charge is -2.29. The number of rotatable bonds is 5. The zero-order valence-electron chi connectivity index (χ0n) is 13.9. The minimum absolute atomic E-state index is 0.172. The maximum atomic E-state index is 11.9. The molecule has 2 rings (SSSR count). The zero-order chi connectivity index (χ0) is 16.1. The maximum absolute atomic E-state index is 11.9. The number of aryl methyl sites for hydroxylation is 1. The van der Waals surface area contributed by atoms with E-state index in [0.717, 1.165) is 24.3 Å². The van der Waals surface area contributed by atoms with Gasteiger partial charge in [-0.2, -0.15) is 11.8 Å². The number of hydrogen-bond acceptors (Lipinski definition) is 5. The Bertz CT molecular complexity index is 513. The Balaban J connectivity index is 2.13. The summed E-state index contributed by atoms with van der Waals surface area (Å²) in [6.07, 6.45) is 0. The fourth-order valence-electron chi connectivity index (χ4n) is 2.62. The summed E-state index contributed by atoms with van der Waals surface area (Å²) in [6.45, 7) is 8.33. The number of carbonyl (C=O) groups is 1. The quantitative estimate of drug-likeness (QED) is 0.844. The van der Waals surface area contributed by atoms with Gasteiger partial charge in [0, 0.05) is 36.0 Å². The van der Waals surface area contributed by atoms with Gasteiger partial charge >= 0.3 is 5.97 Å². The van der Waals surface area contributed by atoms with Gasteiger partial charge in [0.2, 0.25) is 0 Å². The molecule has 0 aliphatic carbocycles. The summed E-state index contributed by atoms with van der Waals surface area (Å²) in [5, 5.41) is 3.33. The molecule has 4 nitrogen and oxygen atoms in total. The van der Waals surface area contributed by atoms with Gasteiger partial charge < -0.3 is 15.0 Å². The van der Waals surface area contributed by atoms with Gasteiger partial charge in [0.25, 0.3) is 0 Å². The monoisotopic (exact) mass is 322 g/mol. The summed E-state index contributed by atoms with van der Waals surface area (Å²) in [4.78, 5) is 14.3. The van der Waals surface area contributed by atoms with E-state index < -0.39 is 0 Å². The molecule has 0 unspecified atom stereocenters. The highest BCUT2D eigenvalue weighted by molar-refractivity contribution is 7.99. The summed E-state index contributed by atoms with van der Waals surface area (Å²) in [5.74, 6) is 2.34. The fourth-order valence-corrected chi connectivity index (χ4v) is 3.52. The molecule has 0 spiro atoms. The van der Waals surface area contributed by atoms with Crippen molar-refractivity contribution in [1.29, 1.82) is 0 Å². The summed E-state index contributed by atoms with van der Waals surface area (Å²) in [6, 6.07) is 6.10. The first-order valence-electron chi connectivity index (χ1n) is 7.80. The highest BCUT2D eigenvalue weighted by Crippen LogP contribution is 2.26. The number of nitrogens with one attached hydrogen (secondary N) is 1. The van der Waals surface area contributed by atoms with Crippen molar-refractivity contribution in [1.82, 2.24) is 0 Å². The van der Waals surface area contributed by atoms with E-state index in [1.807, 2.05) is 25.6 Å². The van der Waals surface area contributed by atoms with Crippen LogP contribution in [0.1, 0.15) is 19.4 Å². The molecule has 1 saturated heterocycles. The first kappa shape index (κ1) is 17.0.